The number of esters is 1. The number of ether oxygens (including phenoxy) is 3. The van der Waals surface area contributed by atoms with Crippen LogP contribution in [-0.2, 0) is 16.1 Å². The predicted molar refractivity (Wildman–Crippen MR) is 151 cm³/mol. The highest BCUT2D eigenvalue weighted by atomic mass is 35.5. The van der Waals surface area contributed by atoms with E-state index in [1.54, 1.807) is 31.2 Å². The average Bonchev–Trinajstić information content (AvgIpc) is 3.26. The van der Waals surface area contributed by atoms with Crippen molar-refractivity contribution < 1.29 is 19.0 Å². The molecule has 3 aromatic carbocycles. The van der Waals surface area contributed by atoms with E-state index in [0.717, 1.165) is 16.9 Å². The van der Waals surface area contributed by atoms with Gasteiger partial charge in [-0.15, -0.1) is 0 Å². The Kier molecular flexibility index (Phi) is 7.67. The number of aromatic nitrogens is 1. The van der Waals surface area contributed by atoms with Crippen LogP contribution in [0.5, 0.6) is 11.5 Å². The molecule has 0 bridgehead atoms. The molecular weight excluding hydrogens is 536 g/mol. The number of rotatable bonds is 7. The van der Waals surface area contributed by atoms with E-state index in [0.29, 0.717) is 38.0 Å². The highest BCUT2D eigenvalue weighted by Gasteiger charge is 2.35. The standard InChI is InChI=1S/C30H25ClN2O5S/c1-18-26(29(35)37-3)27(23-16-21(31)11-14-24(23)36-2)33-28(34)25(39-30(33)32-18)15-19-9-12-22(13-10-19)38-17-20-7-5-4-6-8-20/h4-16,27H,17H2,1-3H3/b25-15-/t27-/m0/s1. The number of carbonyl (C=O) groups excluding carboxylic acids is 1. The Balaban J connectivity index is 1.55. The first-order valence-electron chi connectivity index (χ1n) is 12.1. The Morgan fingerprint density at radius 3 is 2.51 bits per heavy atom. The second-order valence-corrected chi connectivity index (χ2v) is 10.2. The van der Waals surface area contributed by atoms with Gasteiger partial charge in [-0.2, -0.15) is 0 Å². The Hall–Kier alpha value is -4.14. The minimum atomic E-state index is -0.821. The van der Waals surface area contributed by atoms with Gasteiger partial charge in [0.2, 0.25) is 0 Å². The molecule has 0 aliphatic carbocycles. The maximum Gasteiger partial charge on any atom is 0.338 e. The topological polar surface area (TPSA) is 79.1 Å². The van der Waals surface area contributed by atoms with Crippen LogP contribution in [0, 0.1) is 0 Å². The van der Waals surface area contributed by atoms with Crippen LogP contribution < -0.4 is 24.4 Å². The molecule has 7 nitrogen and oxygen atoms in total. The molecule has 0 fully saturated rings. The number of benzene rings is 3. The van der Waals surface area contributed by atoms with Crippen LogP contribution in [-0.4, -0.2) is 24.8 Å². The first kappa shape index (κ1) is 26.5. The summed E-state index contributed by atoms with van der Waals surface area (Å²) >= 11 is 7.57. The molecule has 0 saturated carbocycles. The van der Waals surface area contributed by atoms with Gasteiger partial charge in [-0.3, -0.25) is 9.36 Å². The molecule has 198 valence electrons. The van der Waals surface area contributed by atoms with Gasteiger partial charge in [-0.1, -0.05) is 65.4 Å². The summed E-state index contributed by atoms with van der Waals surface area (Å²) in [6, 6.07) is 21.7. The number of thiazole rings is 1. The molecule has 2 heterocycles. The molecule has 0 spiro atoms. The van der Waals surface area contributed by atoms with Crippen molar-refractivity contribution in [3.8, 4) is 11.5 Å². The highest BCUT2D eigenvalue weighted by Crippen LogP contribution is 2.37. The van der Waals surface area contributed by atoms with Crippen molar-refractivity contribution in [2.45, 2.75) is 19.6 Å². The number of hydrogen-bond acceptors (Lipinski definition) is 7. The molecular formula is C30H25ClN2O5S. The molecule has 0 N–H and O–H groups in total. The number of carbonyl (C=O) groups is 1. The Morgan fingerprint density at radius 2 is 1.82 bits per heavy atom. The van der Waals surface area contributed by atoms with E-state index in [-0.39, 0.29) is 11.1 Å². The van der Waals surface area contributed by atoms with Gasteiger partial charge in [0.15, 0.2) is 4.80 Å². The third-order valence-electron chi connectivity index (χ3n) is 6.34. The average molecular weight is 561 g/mol. The van der Waals surface area contributed by atoms with E-state index in [2.05, 4.69) is 4.99 Å². The lowest BCUT2D eigenvalue weighted by atomic mass is 9.95. The van der Waals surface area contributed by atoms with Gasteiger partial charge in [-0.05, 0) is 54.5 Å². The lowest BCUT2D eigenvalue weighted by Gasteiger charge is -2.25. The first-order chi connectivity index (χ1) is 18.9. The molecule has 0 radical (unpaired) electrons. The monoisotopic (exact) mass is 560 g/mol. The summed E-state index contributed by atoms with van der Waals surface area (Å²) in [5.74, 6) is 0.633. The zero-order valence-corrected chi connectivity index (χ0v) is 23.1. The summed E-state index contributed by atoms with van der Waals surface area (Å²) in [7, 11) is 2.82. The third-order valence-corrected chi connectivity index (χ3v) is 7.56. The van der Waals surface area contributed by atoms with Crippen LogP contribution >= 0.6 is 22.9 Å². The molecule has 1 atom stereocenters. The van der Waals surface area contributed by atoms with Crippen molar-refractivity contribution in [2.75, 3.05) is 14.2 Å². The summed E-state index contributed by atoms with van der Waals surface area (Å²) in [5.41, 5.74) is 2.89. The zero-order valence-electron chi connectivity index (χ0n) is 21.5. The van der Waals surface area contributed by atoms with E-state index in [1.807, 2.05) is 54.6 Å². The van der Waals surface area contributed by atoms with Crippen LogP contribution in [0.4, 0.5) is 0 Å². The summed E-state index contributed by atoms with van der Waals surface area (Å²) < 4.78 is 18.5. The van der Waals surface area contributed by atoms with E-state index in [4.69, 9.17) is 25.8 Å². The maximum absolute atomic E-state index is 13.8. The lowest BCUT2D eigenvalue weighted by molar-refractivity contribution is -0.136. The van der Waals surface area contributed by atoms with E-state index >= 15 is 0 Å². The van der Waals surface area contributed by atoms with Gasteiger partial charge in [0, 0.05) is 10.6 Å². The van der Waals surface area contributed by atoms with Crippen molar-refractivity contribution in [1.82, 2.24) is 4.57 Å². The van der Waals surface area contributed by atoms with E-state index in [1.165, 1.54) is 30.1 Å². The summed E-state index contributed by atoms with van der Waals surface area (Å²) in [6.07, 6.45) is 1.80. The second-order valence-electron chi connectivity index (χ2n) is 8.80. The first-order valence-corrected chi connectivity index (χ1v) is 13.3. The van der Waals surface area contributed by atoms with Crippen LogP contribution in [0.25, 0.3) is 6.08 Å². The quantitative estimate of drug-likeness (QED) is 0.307. The predicted octanol–water partition coefficient (Wildman–Crippen LogP) is 4.65. The van der Waals surface area contributed by atoms with Crippen molar-refractivity contribution in [3.05, 3.63) is 125 Å². The Labute approximate surface area is 233 Å². The summed E-state index contributed by atoms with van der Waals surface area (Å²) in [4.78, 5) is 31.7. The molecule has 9 heteroatoms. The van der Waals surface area contributed by atoms with Gasteiger partial charge >= 0.3 is 5.97 Å². The Morgan fingerprint density at radius 1 is 1.08 bits per heavy atom. The molecule has 4 aromatic rings. The third kappa shape index (κ3) is 5.39. The molecule has 0 saturated heterocycles. The molecule has 0 unspecified atom stereocenters. The lowest BCUT2D eigenvalue weighted by Crippen LogP contribution is -2.40. The van der Waals surface area contributed by atoms with Crippen molar-refractivity contribution in [3.63, 3.8) is 0 Å². The Bertz CT molecular complexity index is 1740. The van der Waals surface area contributed by atoms with Gasteiger partial charge in [-0.25, -0.2) is 9.79 Å². The number of allylic oxidation sites excluding steroid dienone is 1. The normalized spacial score (nSPS) is 15.0. The van der Waals surface area contributed by atoms with Gasteiger partial charge < -0.3 is 14.2 Å². The molecule has 1 aliphatic rings. The second kappa shape index (κ2) is 11.3. The number of methoxy groups -OCH3 is 2. The SMILES string of the molecule is COC(=O)C1=C(C)N=c2s/c(=C\c3ccc(OCc4ccccc4)cc3)c(=O)n2[C@H]1c1cc(Cl)ccc1OC. The van der Waals surface area contributed by atoms with E-state index in [9.17, 15) is 9.59 Å². The molecule has 1 aliphatic heterocycles. The fraction of sp³-hybridized carbons (Fsp3) is 0.167. The van der Waals surface area contributed by atoms with Crippen molar-refractivity contribution in [2.24, 2.45) is 4.99 Å². The van der Waals surface area contributed by atoms with Crippen molar-refractivity contribution >= 4 is 35.0 Å². The van der Waals surface area contributed by atoms with Crippen LogP contribution in [0.1, 0.15) is 29.7 Å². The minimum absolute atomic E-state index is 0.247. The van der Waals surface area contributed by atoms with Gasteiger partial charge in [0.1, 0.15) is 24.1 Å². The number of hydrogen-bond donors (Lipinski definition) is 0. The van der Waals surface area contributed by atoms with E-state index < -0.39 is 12.0 Å². The van der Waals surface area contributed by atoms with Gasteiger partial charge in [0.05, 0.1) is 30.0 Å². The van der Waals surface area contributed by atoms with Crippen LogP contribution in [0.2, 0.25) is 5.02 Å². The smallest absolute Gasteiger partial charge is 0.338 e. The highest BCUT2D eigenvalue weighted by molar-refractivity contribution is 7.07. The largest absolute Gasteiger partial charge is 0.496 e. The molecule has 0 amide bonds. The van der Waals surface area contributed by atoms with Gasteiger partial charge in [0.25, 0.3) is 5.56 Å². The van der Waals surface area contributed by atoms with Crippen molar-refractivity contribution in [1.29, 1.82) is 0 Å². The zero-order chi connectivity index (χ0) is 27.5. The fourth-order valence-corrected chi connectivity index (χ4v) is 5.69. The summed E-state index contributed by atoms with van der Waals surface area (Å²) in [6.45, 7) is 2.19. The van der Waals surface area contributed by atoms with Crippen LogP contribution in [0.3, 0.4) is 0 Å². The van der Waals surface area contributed by atoms with Crippen LogP contribution in [0.15, 0.2) is 93.9 Å². The molecule has 5 rings (SSSR count). The number of fused-ring (bicyclic) bond motifs is 1. The molecule has 1 aromatic heterocycles. The molecule has 39 heavy (non-hydrogen) atoms. The fourth-order valence-electron chi connectivity index (χ4n) is 4.46. The summed E-state index contributed by atoms with van der Waals surface area (Å²) in [5, 5.41) is 0.446. The minimum Gasteiger partial charge on any atom is -0.496 e. The maximum atomic E-state index is 13.8. The number of nitrogens with zero attached hydrogens (tertiary/aromatic N) is 2. The number of halogens is 1.